The van der Waals surface area contributed by atoms with Crippen molar-refractivity contribution in [1.29, 1.82) is 0 Å². The van der Waals surface area contributed by atoms with Gasteiger partial charge in [-0.05, 0) is 30.3 Å². The number of hydrogen-bond acceptors (Lipinski definition) is 2. The van der Waals surface area contributed by atoms with Gasteiger partial charge >= 0.3 is 0 Å². The third-order valence-electron chi connectivity index (χ3n) is 3.24. The number of halogens is 1. The predicted molar refractivity (Wildman–Crippen MR) is 74.5 cm³/mol. The van der Waals surface area contributed by atoms with Crippen LogP contribution in [0.15, 0.2) is 54.6 Å². The first-order chi connectivity index (χ1) is 9.22. The van der Waals surface area contributed by atoms with Crippen LogP contribution in [-0.4, -0.2) is 18.7 Å². The number of aliphatic hydroxyl groups is 1. The molecule has 0 saturated carbocycles. The molecule has 2 nitrogen and oxygen atoms in total. The highest BCUT2D eigenvalue weighted by Crippen LogP contribution is 2.30. The van der Waals surface area contributed by atoms with E-state index in [9.17, 15) is 9.50 Å². The number of benzene rings is 2. The van der Waals surface area contributed by atoms with Gasteiger partial charge in [-0.3, -0.25) is 0 Å². The minimum absolute atomic E-state index is 0.0586. The number of likely N-dealkylation sites (N-methyl/N-ethyl adjacent to an activating group) is 1. The molecule has 2 N–H and O–H groups in total. The summed E-state index contributed by atoms with van der Waals surface area (Å²) in [5.41, 5.74) is 1.79. The maximum Gasteiger partial charge on any atom is 0.123 e. The normalized spacial score (nSPS) is 14.1. The fourth-order valence-electron chi connectivity index (χ4n) is 2.22. The average Bonchev–Trinajstić information content (AvgIpc) is 2.46. The van der Waals surface area contributed by atoms with Gasteiger partial charge < -0.3 is 10.4 Å². The zero-order valence-electron chi connectivity index (χ0n) is 10.9. The fourth-order valence-corrected chi connectivity index (χ4v) is 2.22. The third-order valence-corrected chi connectivity index (χ3v) is 3.24. The zero-order chi connectivity index (χ0) is 13.7. The molecule has 2 aromatic carbocycles. The molecule has 0 aromatic heterocycles. The maximum absolute atomic E-state index is 12.9. The first-order valence-electron chi connectivity index (χ1n) is 6.35. The first-order valence-corrected chi connectivity index (χ1v) is 6.35. The molecular weight excluding hydrogens is 241 g/mol. The van der Waals surface area contributed by atoms with Crippen LogP contribution in [0.25, 0.3) is 0 Å². The highest BCUT2D eigenvalue weighted by Gasteiger charge is 2.21. The second kappa shape index (κ2) is 6.45. The van der Waals surface area contributed by atoms with Gasteiger partial charge in [-0.15, -0.1) is 0 Å². The number of hydrogen-bond donors (Lipinski definition) is 2. The Morgan fingerprint density at radius 2 is 1.63 bits per heavy atom. The Morgan fingerprint density at radius 1 is 1.00 bits per heavy atom. The highest BCUT2D eigenvalue weighted by molar-refractivity contribution is 5.27. The summed E-state index contributed by atoms with van der Waals surface area (Å²) >= 11 is 0. The fraction of sp³-hybridized carbons (Fsp3) is 0.250. The zero-order valence-corrected chi connectivity index (χ0v) is 10.9. The lowest BCUT2D eigenvalue weighted by Crippen LogP contribution is -2.23. The summed E-state index contributed by atoms with van der Waals surface area (Å²) in [5, 5.41) is 13.6. The summed E-state index contributed by atoms with van der Waals surface area (Å²) in [6.07, 6.45) is -0.657. The number of nitrogens with one attached hydrogen (secondary N) is 1. The molecule has 19 heavy (non-hydrogen) atoms. The van der Waals surface area contributed by atoms with Crippen molar-refractivity contribution in [3.05, 3.63) is 71.5 Å². The van der Waals surface area contributed by atoms with Crippen LogP contribution in [0.2, 0.25) is 0 Å². The number of aliphatic hydroxyl groups excluding tert-OH is 1. The molecule has 0 spiro atoms. The largest absolute Gasteiger partial charge is 0.388 e. The minimum atomic E-state index is -0.657. The summed E-state index contributed by atoms with van der Waals surface area (Å²) in [5.74, 6) is -0.350. The van der Waals surface area contributed by atoms with Crippen molar-refractivity contribution in [2.24, 2.45) is 0 Å². The molecular formula is C16H18FNO. The predicted octanol–water partition coefficient (Wildman–Crippen LogP) is 2.86. The van der Waals surface area contributed by atoms with Crippen LogP contribution in [0.3, 0.4) is 0 Å². The summed E-state index contributed by atoms with van der Waals surface area (Å²) in [6, 6.07) is 15.9. The molecule has 0 amide bonds. The molecule has 0 bridgehead atoms. The molecule has 0 aliphatic rings. The van der Waals surface area contributed by atoms with Gasteiger partial charge in [0.05, 0.1) is 6.10 Å². The molecule has 0 radical (unpaired) electrons. The molecule has 0 fully saturated rings. The number of rotatable bonds is 5. The average molecular weight is 259 g/mol. The van der Waals surface area contributed by atoms with Crippen LogP contribution >= 0.6 is 0 Å². The van der Waals surface area contributed by atoms with E-state index in [-0.39, 0.29) is 11.7 Å². The Balaban J connectivity index is 2.26. The molecule has 100 valence electrons. The van der Waals surface area contributed by atoms with Gasteiger partial charge in [0.15, 0.2) is 0 Å². The van der Waals surface area contributed by atoms with Crippen molar-refractivity contribution in [2.45, 2.75) is 12.0 Å². The third kappa shape index (κ3) is 3.40. The molecule has 0 aliphatic heterocycles. The van der Waals surface area contributed by atoms with E-state index >= 15 is 0 Å². The molecule has 0 unspecified atom stereocenters. The van der Waals surface area contributed by atoms with Crippen molar-refractivity contribution in [3.63, 3.8) is 0 Å². The quantitative estimate of drug-likeness (QED) is 0.865. The monoisotopic (exact) mass is 259 g/mol. The molecule has 3 heteroatoms. The molecule has 2 atom stereocenters. The standard InChI is InChI=1S/C16H18FNO/c1-18-11-15(12-5-3-2-4-6-12)16(19)13-7-9-14(17)10-8-13/h2-10,15-16,18-19H,11H2,1H3/t15-,16-/m1/s1. The van der Waals surface area contributed by atoms with Crippen molar-refractivity contribution in [1.82, 2.24) is 5.32 Å². The highest BCUT2D eigenvalue weighted by atomic mass is 19.1. The van der Waals surface area contributed by atoms with Crippen LogP contribution in [-0.2, 0) is 0 Å². The summed E-state index contributed by atoms with van der Waals surface area (Å²) < 4.78 is 12.9. The van der Waals surface area contributed by atoms with Gasteiger partial charge in [0, 0.05) is 12.5 Å². The van der Waals surface area contributed by atoms with Gasteiger partial charge in [-0.1, -0.05) is 42.5 Å². The molecule has 0 saturated heterocycles. The molecule has 0 aliphatic carbocycles. The van der Waals surface area contributed by atoms with Gasteiger partial charge in [-0.2, -0.15) is 0 Å². The van der Waals surface area contributed by atoms with E-state index in [2.05, 4.69) is 5.32 Å². The summed E-state index contributed by atoms with van der Waals surface area (Å²) in [6.45, 7) is 0.655. The summed E-state index contributed by atoms with van der Waals surface area (Å²) in [7, 11) is 1.85. The van der Waals surface area contributed by atoms with E-state index in [4.69, 9.17) is 0 Å². The summed E-state index contributed by atoms with van der Waals surface area (Å²) in [4.78, 5) is 0. The van der Waals surface area contributed by atoms with E-state index < -0.39 is 6.10 Å². The Bertz CT molecular complexity index is 498. The molecule has 2 rings (SSSR count). The van der Waals surface area contributed by atoms with Crippen molar-refractivity contribution in [3.8, 4) is 0 Å². The van der Waals surface area contributed by atoms with E-state index in [0.717, 1.165) is 11.1 Å². The van der Waals surface area contributed by atoms with Crippen LogP contribution in [0.5, 0.6) is 0 Å². The Hall–Kier alpha value is -1.71. The Morgan fingerprint density at radius 3 is 2.21 bits per heavy atom. The van der Waals surface area contributed by atoms with Crippen LogP contribution in [0.4, 0.5) is 4.39 Å². The van der Waals surface area contributed by atoms with Crippen LogP contribution in [0, 0.1) is 5.82 Å². The topological polar surface area (TPSA) is 32.3 Å². The van der Waals surface area contributed by atoms with Gasteiger partial charge in [0.1, 0.15) is 5.82 Å². The maximum atomic E-state index is 12.9. The first kappa shape index (κ1) is 13.7. The SMILES string of the molecule is CNC[C@H](c1ccccc1)[C@H](O)c1ccc(F)cc1. The van der Waals surface area contributed by atoms with Crippen molar-refractivity contribution >= 4 is 0 Å². The Kier molecular flexibility index (Phi) is 4.66. The van der Waals surface area contributed by atoms with E-state index in [1.807, 2.05) is 37.4 Å². The van der Waals surface area contributed by atoms with Gasteiger partial charge in [0.2, 0.25) is 0 Å². The smallest absolute Gasteiger partial charge is 0.123 e. The second-order valence-electron chi connectivity index (χ2n) is 4.57. The van der Waals surface area contributed by atoms with Crippen molar-refractivity contribution in [2.75, 3.05) is 13.6 Å². The lowest BCUT2D eigenvalue weighted by molar-refractivity contribution is 0.144. The van der Waals surface area contributed by atoms with Crippen molar-refractivity contribution < 1.29 is 9.50 Å². The van der Waals surface area contributed by atoms with Crippen LogP contribution in [0.1, 0.15) is 23.1 Å². The van der Waals surface area contributed by atoms with Gasteiger partial charge in [-0.25, -0.2) is 4.39 Å². The lowest BCUT2D eigenvalue weighted by Gasteiger charge is -2.23. The molecule has 2 aromatic rings. The Labute approximate surface area is 112 Å². The van der Waals surface area contributed by atoms with E-state index in [1.54, 1.807) is 12.1 Å². The van der Waals surface area contributed by atoms with E-state index in [1.165, 1.54) is 12.1 Å². The lowest BCUT2D eigenvalue weighted by atomic mass is 9.89. The second-order valence-corrected chi connectivity index (χ2v) is 4.57. The van der Waals surface area contributed by atoms with Gasteiger partial charge in [0.25, 0.3) is 0 Å². The van der Waals surface area contributed by atoms with Crippen LogP contribution < -0.4 is 5.32 Å². The molecule has 0 heterocycles. The van der Waals surface area contributed by atoms with E-state index in [0.29, 0.717) is 6.54 Å². The minimum Gasteiger partial charge on any atom is -0.388 e.